The van der Waals surface area contributed by atoms with Crippen molar-refractivity contribution in [3.8, 4) is 0 Å². The lowest BCUT2D eigenvalue weighted by Gasteiger charge is -2.41. The summed E-state index contributed by atoms with van der Waals surface area (Å²) in [7, 11) is 2.76. The number of rotatable bonds is 13. The molecule has 0 aromatic rings. The van der Waals surface area contributed by atoms with E-state index in [0.717, 1.165) is 5.32 Å². The minimum atomic E-state index is -8.46. The van der Waals surface area contributed by atoms with Crippen LogP contribution in [-0.2, 0) is 9.59 Å². The number of halogens is 15. The third-order valence-electron chi connectivity index (χ3n) is 4.77. The average molecular weight is 571 g/mol. The molecule has 0 rings (SSSR count). The molecule has 0 unspecified atom stereocenters. The van der Waals surface area contributed by atoms with Crippen molar-refractivity contribution >= 4 is 11.9 Å². The first-order chi connectivity index (χ1) is 15.5. The molecule has 36 heavy (non-hydrogen) atoms. The summed E-state index contributed by atoms with van der Waals surface area (Å²) >= 11 is 0. The summed E-state index contributed by atoms with van der Waals surface area (Å²) in [6.07, 6.45) is -8.55. The van der Waals surface area contributed by atoms with Crippen molar-refractivity contribution in [3.05, 3.63) is 0 Å². The zero-order chi connectivity index (χ0) is 29.4. The van der Waals surface area contributed by atoms with Crippen molar-refractivity contribution in [2.45, 2.75) is 54.6 Å². The van der Waals surface area contributed by atoms with Gasteiger partial charge in [0.1, 0.15) is 0 Å². The van der Waals surface area contributed by atoms with Crippen LogP contribution in [0.1, 0.15) is 12.8 Å². The second kappa shape index (κ2) is 9.96. The molecule has 0 saturated carbocycles. The van der Waals surface area contributed by atoms with Crippen LogP contribution in [0.15, 0.2) is 0 Å². The van der Waals surface area contributed by atoms with Crippen LogP contribution >= 0.6 is 0 Å². The van der Waals surface area contributed by atoms with E-state index in [9.17, 15) is 75.4 Å². The van der Waals surface area contributed by atoms with Gasteiger partial charge in [0.2, 0.25) is 0 Å². The topological polar surface area (TPSA) is 66.4 Å². The van der Waals surface area contributed by atoms with Gasteiger partial charge in [-0.15, -0.1) is 0 Å². The van der Waals surface area contributed by atoms with Crippen molar-refractivity contribution in [3.63, 3.8) is 0 Å². The number of aliphatic carboxylic acids is 1. The van der Waals surface area contributed by atoms with E-state index in [1.165, 1.54) is 14.1 Å². The Labute approximate surface area is 191 Å². The Morgan fingerprint density at radius 3 is 1.44 bits per heavy atom. The molecule has 0 aliphatic heterocycles. The van der Waals surface area contributed by atoms with E-state index in [0.29, 0.717) is 0 Å². The number of carbonyl (C=O) groups excluding carboxylic acids is 1. The monoisotopic (exact) mass is 571 g/mol. The number of quaternary nitrogens is 1. The molecule has 0 fully saturated rings. The average Bonchev–Trinajstić information content (AvgIpc) is 2.67. The Morgan fingerprint density at radius 2 is 1.06 bits per heavy atom. The van der Waals surface area contributed by atoms with Crippen molar-refractivity contribution < 1.29 is 85.0 Å². The fourth-order valence-corrected chi connectivity index (χ4v) is 2.44. The van der Waals surface area contributed by atoms with Gasteiger partial charge >= 0.3 is 47.7 Å². The van der Waals surface area contributed by atoms with Gasteiger partial charge in [-0.1, -0.05) is 0 Å². The highest BCUT2D eigenvalue weighted by atomic mass is 19.4. The maximum atomic E-state index is 13.7. The Kier molecular flexibility index (Phi) is 9.36. The molecule has 2 N–H and O–H groups in total. The number of carbonyl (C=O) groups is 2. The van der Waals surface area contributed by atoms with Crippen LogP contribution in [0.25, 0.3) is 0 Å². The smallest absolute Gasteiger partial charge is 0.460 e. The maximum Gasteiger partial charge on any atom is 0.460 e. The molecule has 0 radical (unpaired) electrons. The van der Waals surface area contributed by atoms with E-state index in [1.54, 1.807) is 0 Å². The fourth-order valence-electron chi connectivity index (χ4n) is 2.44. The van der Waals surface area contributed by atoms with E-state index in [4.69, 9.17) is 5.11 Å². The summed E-state index contributed by atoms with van der Waals surface area (Å²) in [5.41, 5.74) is 0. The zero-order valence-electron chi connectivity index (χ0n) is 17.9. The number of carboxylic acid groups (broad SMARTS) is 1. The molecule has 20 heteroatoms. The van der Waals surface area contributed by atoms with E-state index >= 15 is 0 Å². The lowest BCUT2D eigenvalue weighted by Crippen LogP contribution is -2.74. The van der Waals surface area contributed by atoms with Crippen molar-refractivity contribution in [2.75, 3.05) is 33.7 Å². The predicted octanol–water partition coefficient (Wildman–Crippen LogP) is 4.42. The van der Waals surface area contributed by atoms with Crippen LogP contribution in [0.4, 0.5) is 65.9 Å². The zero-order valence-corrected chi connectivity index (χ0v) is 17.9. The number of hydrogen-bond acceptors (Lipinski definition) is 2. The van der Waals surface area contributed by atoms with Crippen molar-refractivity contribution in [2.24, 2.45) is 0 Å². The highest BCUT2D eigenvalue weighted by Gasteiger charge is 2.94. The summed E-state index contributed by atoms with van der Waals surface area (Å²) < 4.78 is 196. The highest BCUT2D eigenvalue weighted by molar-refractivity contribution is 5.84. The summed E-state index contributed by atoms with van der Waals surface area (Å²) in [5.74, 6) is -52.9. The molecule has 214 valence electrons. The lowest BCUT2D eigenvalue weighted by atomic mass is 9.91. The summed E-state index contributed by atoms with van der Waals surface area (Å²) in [6, 6.07) is 0. The second-order valence-corrected chi connectivity index (χ2v) is 8.08. The molecule has 0 saturated heterocycles. The maximum absolute atomic E-state index is 13.7. The van der Waals surface area contributed by atoms with Gasteiger partial charge in [-0.3, -0.25) is 9.59 Å². The predicted molar refractivity (Wildman–Crippen MR) is 87.5 cm³/mol. The van der Waals surface area contributed by atoms with Gasteiger partial charge < -0.3 is 14.9 Å². The second-order valence-electron chi connectivity index (χ2n) is 8.08. The SMILES string of the molecule is C[N+](C)(CCCNC(=O)C(F)(F)C(F)(F)C(F)(F)C(F)(F)C(F)(F)C(F)(F)C(F)(F)F)CCC(=O)O. The molecule has 0 spiro atoms. The Morgan fingerprint density at radius 1 is 0.667 bits per heavy atom. The fraction of sp³-hybridized carbons (Fsp3) is 0.875. The van der Waals surface area contributed by atoms with E-state index in [2.05, 4.69) is 0 Å². The first-order valence-corrected chi connectivity index (χ1v) is 9.20. The normalized spacial score (nSPS) is 15.1. The highest BCUT2D eigenvalue weighted by Crippen LogP contribution is 2.62. The number of nitrogens with one attached hydrogen (secondary N) is 1. The molecule has 0 bridgehead atoms. The first-order valence-electron chi connectivity index (χ1n) is 9.20. The van der Waals surface area contributed by atoms with Gasteiger partial charge in [0, 0.05) is 13.0 Å². The van der Waals surface area contributed by atoms with Crippen LogP contribution in [-0.4, -0.2) is 96.9 Å². The quantitative estimate of drug-likeness (QED) is 0.196. The molecule has 0 aliphatic rings. The number of hydrogen-bond donors (Lipinski definition) is 2. The summed E-state index contributed by atoms with van der Waals surface area (Å²) in [5, 5.41) is 9.46. The van der Waals surface area contributed by atoms with Gasteiger partial charge in [0.25, 0.3) is 5.91 Å². The van der Waals surface area contributed by atoms with Crippen molar-refractivity contribution in [1.82, 2.24) is 5.32 Å². The molecule has 0 atom stereocenters. The Balaban J connectivity index is 5.80. The first kappa shape index (κ1) is 33.8. The van der Waals surface area contributed by atoms with Crippen LogP contribution in [0.3, 0.4) is 0 Å². The number of carboxylic acids is 1. The van der Waals surface area contributed by atoms with E-state index < -0.39 is 73.0 Å². The van der Waals surface area contributed by atoms with E-state index in [1.807, 2.05) is 0 Å². The van der Waals surface area contributed by atoms with Crippen LogP contribution < -0.4 is 5.32 Å². The van der Waals surface area contributed by atoms with Gasteiger partial charge in [-0.2, -0.15) is 65.9 Å². The summed E-state index contributed by atoms with van der Waals surface area (Å²) in [4.78, 5) is 21.8. The number of nitrogens with zero attached hydrogens (tertiary/aromatic N) is 1. The lowest BCUT2D eigenvalue weighted by molar-refractivity contribution is -0.889. The third-order valence-corrected chi connectivity index (χ3v) is 4.77. The molecule has 1 amide bonds. The third kappa shape index (κ3) is 5.87. The minimum absolute atomic E-state index is 0.0738. The minimum Gasteiger partial charge on any atom is -0.481 e. The molecule has 0 aromatic carbocycles. The molecule has 5 nitrogen and oxygen atoms in total. The van der Waals surface area contributed by atoms with Crippen LogP contribution in [0.5, 0.6) is 0 Å². The number of amides is 1. The molecule has 0 aliphatic carbocycles. The van der Waals surface area contributed by atoms with Crippen LogP contribution in [0, 0.1) is 0 Å². The number of alkyl halides is 15. The van der Waals surface area contributed by atoms with Gasteiger partial charge in [0.15, 0.2) is 0 Å². The molecular weight excluding hydrogens is 553 g/mol. The van der Waals surface area contributed by atoms with E-state index in [-0.39, 0.29) is 17.6 Å². The van der Waals surface area contributed by atoms with Crippen LogP contribution in [0.2, 0.25) is 0 Å². The van der Waals surface area contributed by atoms with Crippen molar-refractivity contribution in [1.29, 1.82) is 0 Å². The molecule has 0 aromatic heterocycles. The van der Waals surface area contributed by atoms with Gasteiger partial charge in [0.05, 0.1) is 33.6 Å². The molecule has 0 heterocycles. The largest absolute Gasteiger partial charge is 0.481 e. The Hall–Kier alpha value is -2.15. The van der Waals surface area contributed by atoms with Gasteiger partial charge in [-0.05, 0) is 0 Å². The summed E-state index contributed by atoms with van der Waals surface area (Å²) in [6.45, 7) is -1.30. The standard InChI is InChI=1S/C16H17F15N2O3/c1-33(2,7-4-8(34)35)6-3-5-32-9(36)10(17,18)11(19,20)12(21,22)13(23,24)14(25,26)15(27,28)16(29,30)31/h3-7H2,1-2H3,(H-,32,34,35,36)/p+1. The van der Waals surface area contributed by atoms with Gasteiger partial charge in [-0.25, -0.2) is 0 Å². The molecular formula is C16H18F15N2O3+. The Bertz CT molecular complexity index is 809.